The first kappa shape index (κ1) is 21.6. The molecule has 1 aromatic rings. The summed E-state index contributed by atoms with van der Waals surface area (Å²) in [4.78, 5) is 24.2. The van der Waals surface area contributed by atoms with E-state index in [1.807, 2.05) is 17.0 Å². The highest BCUT2D eigenvalue weighted by atomic mass is 16.2. The first-order chi connectivity index (χ1) is 14.1. The number of fused-ring (bicyclic) bond motifs is 1. The van der Waals surface area contributed by atoms with Gasteiger partial charge in [0, 0.05) is 65.3 Å². The molecule has 1 saturated heterocycles. The van der Waals surface area contributed by atoms with Crippen molar-refractivity contribution in [3.8, 4) is 0 Å². The quantitative estimate of drug-likeness (QED) is 0.435. The Kier molecular flexibility index (Phi) is 7.92. The Morgan fingerprint density at radius 3 is 2.31 bits per heavy atom. The van der Waals surface area contributed by atoms with E-state index in [-0.39, 0.29) is 5.91 Å². The molecule has 0 spiro atoms. The van der Waals surface area contributed by atoms with E-state index in [9.17, 15) is 4.79 Å². The Morgan fingerprint density at radius 1 is 1.07 bits per heavy atom. The molecule has 1 amide bonds. The van der Waals surface area contributed by atoms with Gasteiger partial charge in [-0.25, -0.2) is 0 Å². The molecule has 0 radical (unpaired) electrons. The molecule has 2 heterocycles. The van der Waals surface area contributed by atoms with Gasteiger partial charge in [0.15, 0.2) is 5.96 Å². The van der Waals surface area contributed by atoms with Gasteiger partial charge < -0.3 is 15.1 Å². The average Bonchev–Trinajstić information content (AvgIpc) is 3.15. The van der Waals surface area contributed by atoms with Crippen molar-refractivity contribution in [2.75, 3.05) is 45.8 Å². The van der Waals surface area contributed by atoms with E-state index in [1.165, 1.54) is 17.7 Å². The second-order valence-electron chi connectivity index (χ2n) is 8.54. The van der Waals surface area contributed by atoms with Gasteiger partial charge >= 0.3 is 0 Å². The standard InChI is InChI=1S/C23H37N5O/c1-4-24-23(27-14-12-26(13-15-27)16-19(2)3)25-11-7-10-22(29)28-17-20-8-5-6-9-21(20)18-28/h5-6,8-9,19H,4,7,10-18H2,1-3H3,(H,24,25). The summed E-state index contributed by atoms with van der Waals surface area (Å²) in [6.07, 6.45) is 1.37. The lowest BCUT2D eigenvalue weighted by Gasteiger charge is -2.37. The fourth-order valence-corrected chi connectivity index (χ4v) is 4.17. The Bertz CT molecular complexity index is 669. The van der Waals surface area contributed by atoms with Crippen molar-refractivity contribution in [2.45, 2.75) is 46.7 Å². The summed E-state index contributed by atoms with van der Waals surface area (Å²) in [6.45, 7) is 15.1. The molecule has 6 heteroatoms. The summed E-state index contributed by atoms with van der Waals surface area (Å²) in [7, 11) is 0. The summed E-state index contributed by atoms with van der Waals surface area (Å²) in [6, 6.07) is 8.34. The Morgan fingerprint density at radius 2 is 1.72 bits per heavy atom. The summed E-state index contributed by atoms with van der Waals surface area (Å²) in [5.74, 6) is 1.95. The van der Waals surface area contributed by atoms with Crippen molar-refractivity contribution < 1.29 is 4.79 Å². The third-order valence-electron chi connectivity index (χ3n) is 5.63. The van der Waals surface area contributed by atoms with Crippen LogP contribution >= 0.6 is 0 Å². The summed E-state index contributed by atoms with van der Waals surface area (Å²) in [5, 5.41) is 3.43. The lowest BCUT2D eigenvalue weighted by atomic mass is 10.1. The molecule has 3 rings (SSSR count). The van der Waals surface area contributed by atoms with Gasteiger partial charge in [-0.3, -0.25) is 14.7 Å². The number of piperazine rings is 1. The minimum atomic E-state index is 0.240. The van der Waals surface area contributed by atoms with Crippen molar-refractivity contribution in [1.82, 2.24) is 20.0 Å². The average molecular weight is 400 g/mol. The molecule has 1 aromatic carbocycles. The minimum absolute atomic E-state index is 0.240. The van der Waals surface area contributed by atoms with E-state index in [0.29, 0.717) is 18.9 Å². The van der Waals surface area contributed by atoms with Crippen LogP contribution in [0, 0.1) is 5.92 Å². The number of guanidine groups is 1. The van der Waals surface area contributed by atoms with Crippen LogP contribution in [0.4, 0.5) is 0 Å². The van der Waals surface area contributed by atoms with E-state index >= 15 is 0 Å². The molecule has 0 bridgehead atoms. The predicted molar refractivity (Wildman–Crippen MR) is 119 cm³/mol. The maximum Gasteiger partial charge on any atom is 0.223 e. The summed E-state index contributed by atoms with van der Waals surface area (Å²) in [5.41, 5.74) is 2.56. The molecular weight excluding hydrogens is 362 g/mol. The smallest absolute Gasteiger partial charge is 0.223 e. The Hall–Kier alpha value is -2.08. The highest BCUT2D eigenvalue weighted by molar-refractivity contribution is 5.80. The van der Waals surface area contributed by atoms with Crippen LogP contribution in [0.5, 0.6) is 0 Å². The Balaban J connectivity index is 1.42. The number of nitrogens with zero attached hydrogens (tertiary/aromatic N) is 4. The topological polar surface area (TPSA) is 51.2 Å². The van der Waals surface area contributed by atoms with Gasteiger partial charge in [0.05, 0.1) is 0 Å². The summed E-state index contributed by atoms with van der Waals surface area (Å²) >= 11 is 0. The molecule has 0 saturated carbocycles. The monoisotopic (exact) mass is 399 g/mol. The number of carbonyl (C=O) groups excluding carboxylic acids is 1. The highest BCUT2D eigenvalue weighted by Gasteiger charge is 2.22. The van der Waals surface area contributed by atoms with Crippen molar-refractivity contribution >= 4 is 11.9 Å². The fourth-order valence-electron chi connectivity index (χ4n) is 4.17. The van der Waals surface area contributed by atoms with Crippen LogP contribution in [0.1, 0.15) is 44.7 Å². The normalized spacial score (nSPS) is 17.7. The van der Waals surface area contributed by atoms with E-state index in [2.05, 4.69) is 48.0 Å². The molecule has 29 heavy (non-hydrogen) atoms. The van der Waals surface area contributed by atoms with Gasteiger partial charge in [-0.1, -0.05) is 38.1 Å². The second-order valence-corrected chi connectivity index (χ2v) is 8.54. The molecule has 1 fully saturated rings. The molecule has 0 unspecified atom stereocenters. The number of aliphatic imine (C=N–C) groups is 1. The number of benzene rings is 1. The fraction of sp³-hybridized carbons (Fsp3) is 0.652. The molecule has 0 atom stereocenters. The maximum atomic E-state index is 12.6. The van der Waals surface area contributed by atoms with Crippen LogP contribution in [0.2, 0.25) is 0 Å². The zero-order valence-electron chi connectivity index (χ0n) is 18.4. The number of rotatable bonds is 7. The van der Waals surface area contributed by atoms with E-state index < -0.39 is 0 Å². The zero-order valence-corrected chi connectivity index (χ0v) is 18.4. The van der Waals surface area contributed by atoms with Gasteiger partial charge in [0.1, 0.15) is 0 Å². The molecule has 2 aliphatic heterocycles. The first-order valence-electron chi connectivity index (χ1n) is 11.2. The van der Waals surface area contributed by atoms with Crippen LogP contribution < -0.4 is 5.32 Å². The van der Waals surface area contributed by atoms with E-state index in [1.54, 1.807) is 0 Å². The number of amides is 1. The molecule has 2 aliphatic rings. The number of nitrogens with one attached hydrogen (secondary N) is 1. The van der Waals surface area contributed by atoms with E-state index in [4.69, 9.17) is 4.99 Å². The van der Waals surface area contributed by atoms with Gasteiger partial charge in [0.25, 0.3) is 0 Å². The molecular formula is C23H37N5O. The van der Waals surface area contributed by atoms with Crippen LogP contribution in [-0.2, 0) is 17.9 Å². The predicted octanol–water partition coefficient (Wildman–Crippen LogP) is 2.55. The molecule has 0 aromatic heterocycles. The molecule has 6 nitrogen and oxygen atoms in total. The summed E-state index contributed by atoms with van der Waals surface area (Å²) < 4.78 is 0. The van der Waals surface area contributed by atoms with Crippen molar-refractivity contribution in [3.05, 3.63) is 35.4 Å². The lowest BCUT2D eigenvalue weighted by molar-refractivity contribution is -0.131. The van der Waals surface area contributed by atoms with Crippen molar-refractivity contribution in [1.29, 1.82) is 0 Å². The number of hydrogen-bond donors (Lipinski definition) is 1. The van der Waals surface area contributed by atoms with Gasteiger partial charge in [-0.15, -0.1) is 0 Å². The molecule has 160 valence electrons. The minimum Gasteiger partial charge on any atom is -0.357 e. The second kappa shape index (κ2) is 10.6. The van der Waals surface area contributed by atoms with Crippen molar-refractivity contribution in [3.63, 3.8) is 0 Å². The Labute approximate surface area is 176 Å². The molecule has 0 aliphatic carbocycles. The maximum absolute atomic E-state index is 12.6. The van der Waals surface area contributed by atoms with Crippen LogP contribution in [-0.4, -0.2) is 72.4 Å². The lowest BCUT2D eigenvalue weighted by Crippen LogP contribution is -2.53. The van der Waals surface area contributed by atoms with Crippen molar-refractivity contribution in [2.24, 2.45) is 10.9 Å². The number of hydrogen-bond acceptors (Lipinski definition) is 3. The van der Waals surface area contributed by atoms with Gasteiger partial charge in [-0.05, 0) is 30.4 Å². The largest absolute Gasteiger partial charge is 0.357 e. The third kappa shape index (κ3) is 6.20. The van der Waals surface area contributed by atoms with Crippen LogP contribution in [0.15, 0.2) is 29.3 Å². The SMILES string of the molecule is CCNC(=NCCCC(=O)N1Cc2ccccc2C1)N1CCN(CC(C)C)CC1. The zero-order chi connectivity index (χ0) is 20.6. The van der Waals surface area contributed by atoms with Crippen LogP contribution in [0.25, 0.3) is 0 Å². The number of carbonyl (C=O) groups is 1. The van der Waals surface area contributed by atoms with Gasteiger partial charge in [0.2, 0.25) is 5.91 Å². The third-order valence-corrected chi connectivity index (χ3v) is 5.63. The first-order valence-corrected chi connectivity index (χ1v) is 11.2. The molecule has 1 N–H and O–H groups in total. The van der Waals surface area contributed by atoms with E-state index in [0.717, 1.165) is 58.2 Å². The highest BCUT2D eigenvalue weighted by Crippen LogP contribution is 2.22. The van der Waals surface area contributed by atoms with Crippen LogP contribution in [0.3, 0.4) is 0 Å². The van der Waals surface area contributed by atoms with Gasteiger partial charge in [-0.2, -0.15) is 0 Å².